The minimum Gasteiger partial charge on any atom is -0.398 e. The van der Waals surface area contributed by atoms with Gasteiger partial charge in [-0.3, -0.25) is 4.21 Å². The van der Waals surface area contributed by atoms with Crippen molar-refractivity contribution in [2.24, 2.45) is 0 Å². The molecule has 0 heterocycles. The fourth-order valence-electron chi connectivity index (χ4n) is 1.58. The monoisotopic (exact) mass is 343 g/mol. The highest BCUT2D eigenvalue weighted by Gasteiger charge is 2.09. The molecule has 1 unspecified atom stereocenters. The molecule has 2 rings (SSSR count). The first-order valence-corrected chi connectivity index (χ1v) is 7.73. The Morgan fingerprint density at radius 3 is 2.67 bits per heavy atom. The van der Waals surface area contributed by atoms with Crippen LogP contribution in [0.3, 0.4) is 0 Å². The van der Waals surface area contributed by atoms with E-state index in [9.17, 15) is 4.21 Å². The lowest BCUT2D eigenvalue weighted by Crippen LogP contribution is -2.00. The molecule has 0 spiro atoms. The zero-order valence-corrected chi connectivity index (χ0v) is 12.6. The lowest BCUT2D eigenvalue weighted by atomic mass is 10.2. The third-order valence-electron chi connectivity index (χ3n) is 2.40. The minimum atomic E-state index is -1.17. The smallest absolute Gasteiger partial charge is 0.0621 e. The molecule has 1 atom stereocenters. The maximum absolute atomic E-state index is 12.2. The summed E-state index contributed by atoms with van der Waals surface area (Å²) in [6.07, 6.45) is 0. The first-order valence-electron chi connectivity index (χ1n) is 5.24. The van der Waals surface area contributed by atoms with Crippen LogP contribution in [0.4, 0.5) is 5.69 Å². The number of nitrogen functional groups attached to an aromatic ring is 1. The highest BCUT2D eigenvalue weighted by atomic mass is 79.9. The van der Waals surface area contributed by atoms with Gasteiger partial charge in [0.15, 0.2) is 0 Å². The minimum absolute atomic E-state index is 0.436. The Bertz CT molecular complexity index is 603. The number of rotatable bonds is 3. The molecule has 2 aromatic carbocycles. The third-order valence-corrected chi connectivity index (χ3v) is 4.59. The fourth-order valence-corrected chi connectivity index (χ4v) is 3.39. The molecule has 0 fully saturated rings. The van der Waals surface area contributed by atoms with E-state index in [1.54, 1.807) is 18.2 Å². The molecule has 2 N–H and O–H groups in total. The Labute approximate surface area is 122 Å². The van der Waals surface area contributed by atoms with Gasteiger partial charge in [-0.1, -0.05) is 39.7 Å². The molecule has 5 heteroatoms. The maximum Gasteiger partial charge on any atom is 0.0621 e. The van der Waals surface area contributed by atoms with E-state index in [0.717, 1.165) is 10.0 Å². The average molecular weight is 345 g/mol. The Hall–Kier alpha value is -0.840. The maximum atomic E-state index is 12.2. The van der Waals surface area contributed by atoms with Crippen LogP contribution in [0.15, 0.2) is 51.8 Å². The third kappa shape index (κ3) is 3.34. The first-order chi connectivity index (χ1) is 8.56. The van der Waals surface area contributed by atoms with Crippen molar-refractivity contribution in [1.29, 1.82) is 0 Å². The van der Waals surface area contributed by atoms with Crippen LogP contribution in [-0.2, 0) is 16.6 Å². The standard InChI is InChI=1S/C13H11BrClNOS/c14-10-3-1-2-9(6-10)8-18(17)13-5-4-11(15)7-12(13)16/h1-7H,8,16H2. The summed E-state index contributed by atoms with van der Waals surface area (Å²) >= 11 is 9.21. The van der Waals surface area contributed by atoms with Crippen molar-refractivity contribution in [3.05, 3.63) is 57.5 Å². The molecule has 2 nitrogen and oxygen atoms in total. The zero-order valence-electron chi connectivity index (χ0n) is 9.40. The van der Waals surface area contributed by atoms with Crippen molar-refractivity contribution in [1.82, 2.24) is 0 Å². The second-order valence-electron chi connectivity index (χ2n) is 3.80. The number of hydrogen-bond acceptors (Lipinski definition) is 2. The summed E-state index contributed by atoms with van der Waals surface area (Å²) in [6, 6.07) is 12.8. The zero-order chi connectivity index (χ0) is 13.1. The SMILES string of the molecule is Nc1cc(Cl)ccc1S(=O)Cc1cccc(Br)c1. The van der Waals surface area contributed by atoms with Crippen LogP contribution in [-0.4, -0.2) is 4.21 Å². The quantitative estimate of drug-likeness (QED) is 0.855. The van der Waals surface area contributed by atoms with Gasteiger partial charge < -0.3 is 5.73 Å². The molecule has 0 aliphatic rings. The lowest BCUT2D eigenvalue weighted by Gasteiger charge is -2.06. The van der Waals surface area contributed by atoms with Crippen molar-refractivity contribution in [2.75, 3.05) is 5.73 Å². The molecule has 0 aliphatic carbocycles. The lowest BCUT2D eigenvalue weighted by molar-refractivity contribution is 0.683. The van der Waals surface area contributed by atoms with Gasteiger partial charge in [0.25, 0.3) is 0 Å². The van der Waals surface area contributed by atoms with Gasteiger partial charge in [-0.15, -0.1) is 0 Å². The molecule has 0 saturated heterocycles. The van der Waals surface area contributed by atoms with Crippen molar-refractivity contribution in [3.8, 4) is 0 Å². The van der Waals surface area contributed by atoms with E-state index in [0.29, 0.717) is 21.4 Å². The van der Waals surface area contributed by atoms with E-state index in [2.05, 4.69) is 15.9 Å². The van der Waals surface area contributed by atoms with Crippen LogP contribution in [0.1, 0.15) is 5.56 Å². The molecule has 0 saturated carbocycles. The predicted octanol–water partition coefficient (Wildman–Crippen LogP) is 3.99. The van der Waals surface area contributed by atoms with Gasteiger partial charge in [-0.05, 0) is 35.9 Å². The van der Waals surface area contributed by atoms with Crippen LogP contribution in [0.5, 0.6) is 0 Å². The van der Waals surface area contributed by atoms with E-state index in [1.165, 1.54) is 0 Å². The second kappa shape index (κ2) is 5.87. The fraction of sp³-hybridized carbons (Fsp3) is 0.0769. The Balaban J connectivity index is 2.22. The topological polar surface area (TPSA) is 43.1 Å². The van der Waals surface area contributed by atoms with Crippen LogP contribution >= 0.6 is 27.5 Å². The molecular weight excluding hydrogens is 334 g/mol. The molecule has 94 valence electrons. The van der Waals surface area contributed by atoms with Crippen molar-refractivity contribution in [3.63, 3.8) is 0 Å². The summed E-state index contributed by atoms with van der Waals surface area (Å²) in [5.74, 6) is 0.436. The average Bonchev–Trinajstić information content (AvgIpc) is 2.28. The van der Waals surface area contributed by atoms with Crippen molar-refractivity contribution < 1.29 is 4.21 Å². The summed E-state index contributed by atoms with van der Waals surface area (Å²) < 4.78 is 13.2. The Kier molecular flexibility index (Phi) is 4.43. The van der Waals surface area contributed by atoms with Gasteiger partial charge in [0.1, 0.15) is 0 Å². The van der Waals surface area contributed by atoms with E-state index >= 15 is 0 Å². The molecular formula is C13H11BrClNOS. The Morgan fingerprint density at radius 1 is 1.22 bits per heavy atom. The van der Waals surface area contributed by atoms with Gasteiger partial charge in [-0.2, -0.15) is 0 Å². The summed E-state index contributed by atoms with van der Waals surface area (Å²) in [4.78, 5) is 0.624. The molecule has 18 heavy (non-hydrogen) atoms. The van der Waals surface area contributed by atoms with Crippen LogP contribution in [0, 0.1) is 0 Å². The largest absolute Gasteiger partial charge is 0.398 e. The molecule has 0 amide bonds. The van der Waals surface area contributed by atoms with E-state index in [-0.39, 0.29) is 0 Å². The number of hydrogen-bond donors (Lipinski definition) is 1. The molecule has 0 aliphatic heterocycles. The molecule has 0 bridgehead atoms. The predicted molar refractivity (Wildman–Crippen MR) is 80.1 cm³/mol. The second-order valence-corrected chi connectivity index (χ2v) is 6.57. The van der Waals surface area contributed by atoms with Gasteiger partial charge in [0.05, 0.1) is 21.4 Å². The van der Waals surface area contributed by atoms with Crippen LogP contribution < -0.4 is 5.73 Å². The number of nitrogens with two attached hydrogens (primary N) is 1. The number of benzene rings is 2. The normalized spacial score (nSPS) is 12.3. The number of halogens is 2. The highest BCUT2D eigenvalue weighted by molar-refractivity contribution is 9.10. The summed E-state index contributed by atoms with van der Waals surface area (Å²) in [5, 5.41) is 0.552. The van der Waals surface area contributed by atoms with Crippen LogP contribution in [0.25, 0.3) is 0 Å². The van der Waals surface area contributed by atoms with Gasteiger partial charge in [0, 0.05) is 15.2 Å². The molecule has 2 aromatic rings. The summed E-state index contributed by atoms with van der Waals surface area (Å²) in [5.41, 5.74) is 7.28. The van der Waals surface area contributed by atoms with E-state index in [1.807, 2.05) is 24.3 Å². The van der Waals surface area contributed by atoms with Crippen LogP contribution in [0.2, 0.25) is 5.02 Å². The van der Waals surface area contributed by atoms with E-state index in [4.69, 9.17) is 17.3 Å². The van der Waals surface area contributed by atoms with Gasteiger partial charge in [0.2, 0.25) is 0 Å². The Morgan fingerprint density at radius 2 is 2.00 bits per heavy atom. The van der Waals surface area contributed by atoms with Gasteiger partial charge >= 0.3 is 0 Å². The first kappa shape index (κ1) is 13.6. The molecule has 0 aromatic heterocycles. The van der Waals surface area contributed by atoms with Gasteiger partial charge in [-0.25, -0.2) is 0 Å². The van der Waals surface area contributed by atoms with E-state index < -0.39 is 10.8 Å². The highest BCUT2D eigenvalue weighted by Crippen LogP contribution is 2.23. The summed E-state index contributed by atoms with van der Waals surface area (Å²) in [6.45, 7) is 0. The van der Waals surface area contributed by atoms with Crippen molar-refractivity contribution >= 4 is 44.0 Å². The summed E-state index contributed by atoms with van der Waals surface area (Å²) in [7, 11) is -1.17. The van der Waals surface area contributed by atoms with Crippen molar-refractivity contribution in [2.45, 2.75) is 10.6 Å². The molecule has 0 radical (unpaired) electrons. The number of anilines is 1.